The van der Waals surface area contributed by atoms with Crippen molar-refractivity contribution < 1.29 is 23.5 Å². The number of hydrogen-bond donors (Lipinski definition) is 2. The van der Waals surface area contributed by atoms with Gasteiger partial charge in [0.05, 0.1) is 12.7 Å². The minimum atomic E-state index is -0.975. The summed E-state index contributed by atoms with van der Waals surface area (Å²) < 4.78 is 10.9. The predicted octanol–water partition coefficient (Wildman–Crippen LogP) is 2.68. The summed E-state index contributed by atoms with van der Waals surface area (Å²) in [6.07, 6.45) is 1.83. The van der Waals surface area contributed by atoms with E-state index in [0.29, 0.717) is 16.7 Å². The number of hydrogen-bond acceptors (Lipinski definition) is 5. The van der Waals surface area contributed by atoms with E-state index in [-0.39, 0.29) is 31.7 Å². The zero-order valence-electron chi connectivity index (χ0n) is 14.5. The van der Waals surface area contributed by atoms with Crippen molar-refractivity contribution in [3.05, 3.63) is 45.5 Å². The number of rotatable bonds is 6. The maximum atomic E-state index is 12.3. The first-order valence-corrected chi connectivity index (χ1v) is 8.29. The van der Waals surface area contributed by atoms with Gasteiger partial charge in [0.2, 0.25) is 5.91 Å². The lowest BCUT2D eigenvalue weighted by molar-refractivity contribution is -0.136. The molecule has 0 aliphatic carbocycles. The van der Waals surface area contributed by atoms with E-state index in [0.717, 1.165) is 21.9 Å². The molecule has 3 aromatic rings. The molecule has 0 bridgehead atoms. The van der Waals surface area contributed by atoms with E-state index in [9.17, 15) is 14.4 Å². The molecule has 0 saturated heterocycles. The average Bonchev–Trinajstić information content (AvgIpc) is 2.93. The first-order valence-electron chi connectivity index (χ1n) is 8.29. The van der Waals surface area contributed by atoms with Crippen molar-refractivity contribution in [1.82, 2.24) is 5.32 Å². The monoisotopic (exact) mass is 357 g/mol. The molecule has 0 unspecified atom stereocenters. The molecule has 0 spiro atoms. The van der Waals surface area contributed by atoms with Gasteiger partial charge in [-0.3, -0.25) is 9.59 Å². The van der Waals surface area contributed by atoms with E-state index in [4.69, 9.17) is 13.9 Å². The Morgan fingerprint density at radius 3 is 2.62 bits per heavy atom. The molecule has 136 valence electrons. The number of nitrogens with one attached hydrogen (secondary N) is 1. The van der Waals surface area contributed by atoms with Gasteiger partial charge >= 0.3 is 11.6 Å². The molecule has 0 atom stereocenters. The second-order valence-corrected chi connectivity index (χ2v) is 6.25. The first kappa shape index (κ1) is 17.7. The van der Waals surface area contributed by atoms with Crippen LogP contribution in [0.2, 0.25) is 0 Å². The number of furan rings is 1. The number of fused-ring (bicyclic) bond motifs is 2. The highest BCUT2D eigenvalue weighted by molar-refractivity contribution is 5.96. The Labute approximate surface area is 148 Å². The predicted molar refractivity (Wildman–Crippen MR) is 95.3 cm³/mol. The Hall–Kier alpha value is -3.09. The van der Waals surface area contributed by atoms with E-state index in [1.807, 2.05) is 19.9 Å². The minimum Gasteiger partial charge on any atom is -0.481 e. The molecule has 1 aromatic carbocycles. The fourth-order valence-electron chi connectivity index (χ4n) is 2.96. The molecule has 0 radical (unpaired) electrons. The average molecular weight is 357 g/mol. The smallest absolute Gasteiger partial charge is 0.339 e. The van der Waals surface area contributed by atoms with E-state index < -0.39 is 11.6 Å². The second kappa shape index (κ2) is 7.03. The maximum absolute atomic E-state index is 12.3. The van der Waals surface area contributed by atoms with Crippen LogP contribution in [-0.2, 0) is 16.0 Å². The van der Waals surface area contributed by atoms with Crippen LogP contribution < -0.4 is 10.9 Å². The topological polar surface area (TPSA) is 110 Å². The largest absolute Gasteiger partial charge is 0.481 e. The zero-order chi connectivity index (χ0) is 18.8. The molecule has 2 N–H and O–H groups in total. The van der Waals surface area contributed by atoms with Crippen LogP contribution >= 0.6 is 0 Å². The van der Waals surface area contributed by atoms with Crippen LogP contribution in [0.3, 0.4) is 0 Å². The number of carbonyl (C=O) groups excluding carboxylic acids is 1. The Balaban J connectivity index is 1.85. The molecule has 7 heteroatoms. The fraction of sp³-hybridized carbons (Fsp3) is 0.316. The van der Waals surface area contributed by atoms with Crippen molar-refractivity contribution in [2.75, 3.05) is 6.54 Å². The van der Waals surface area contributed by atoms with E-state index in [1.165, 1.54) is 0 Å². The van der Waals surface area contributed by atoms with Crippen LogP contribution in [0.15, 0.2) is 32.0 Å². The summed E-state index contributed by atoms with van der Waals surface area (Å²) in [5.74, 6) is -1.27. The van der Waals surface area contributed by atoms with Gasteiger partial charge in [-0.25, -0.2) is 4.79 Å². The Morgan fingerprint density at radius 1 is 1.12 bits per heavy atom. The number of aliphatic carboxylic acids is 1. The van der Waals surface area contributed by atoms with Crippen LogP contribution in [0.1, 0.15) is 29.5 Å². The molecule has 26 heavy (non-hydrogen) atoms. The molecule has 7 nitrogen and oxygen atoms in total. The molecule has 3 rings (SSSR count). The number of carboxylic acid groups (broad SMARTS) is 1. The van der Waals surface area contributed by atoms with E-state index >= 15 is 0 Å². The van der Waals surface area contributed by atoms with Crippen molar-refractivity contribution >= 4 is 33.8 Å². The summed E-state index contributed by atoms with van der Waals surface area (Å²) in [5.41, 5.74) is 2.85. The second-order valence-electron chi connectivity index (χ2n) is 6.25. The van der Waals surface area contributed by atoms with Crippen LogP contribution in [-0.4, -0.2) is 23.5 Å². The van der Waals surface area contributed by atoms with Gasteiger partial charge in [-0.05, 0) is 37.5 Å². The molecule has 0 fully saturated rings. The van der Waals surface area contributed by atoms with Crippen LogP contribution in [0, 0.1) is 13.8 Å². The third-order valence-electron chi connectivity index (χ3n) is 4.44. The molecule has 0 aliphatic heterocycles. The van der Waals surface area contributed by atoms with Gasteiger partial charge < -0.3 is 19.3 Å². The molecule has 0 saturated carbocycles. The highest BCUT2D eigenvalue weighted by Crippen LogP contribution is 2.28. The van der Waals surface area contributed by atoms with Gasteiger partial charge in [0.25, 0.3) is 0 Å². The lowest BCUT2D eigenvalue weighted by Crippen LogP contribution is -2.26. The van der Waals surface area contributed by atoms with Crippen molar-refractivity contribution in [2.45, 2.75) is 33.1 Å². The number of benzene rings is 1. The number of carbonyl (C=O) groups is 2. The number of aryl methyl sites for hydroxylation is 2. The van der Waals surface area contributed by atoms with Gasteiger partial charge in [0, 0.05) is 35.4 Å². The molecular formula is C19H19NO6. The van der Waals surface area contributed by atoms with Gasteiger partial charge in [0.1, 0.15) is 11.2 Å². The highest BCUT2D eigenvalue weighted by atomic mass is 16.4. The Bertz CT molecular complexity index is 1060. The van der Waals surface area contributed by atoms with Gasteiger partial charge in [0.15, 0.2) is 0 Å². The van der Waals surface area contributed by atoms with Crippen molar-refractivity contribution in [3.8, 4) is 0 Å². The Kier molecular flexibility index (Phi) is 4.79. The highest BCUT2D eigenvalue weighted by Gasteiger charge is 2.15. The molecule has 2 heterocycles. The fourth-order valence-corrected chi connectivity index (χ4v) is 2.96. The number of carboxylic acids is 1. The summed E-state index contributed by atoms with van der Waals surface area (Å²) >= 11 is 0. The zero-order valence-corrected chi connectivity index (χ0v) is 14.5. The third kappa shape index (κ3) is 3.46. The summed E-state index contributed by atoms with van der Waals surface area (Å²) in [6, 6.07) is 3.63. The summed E-state index contributed by atoms with van der Waals surface area (Å²) in [4.78, 5) is 34.6. The summed E-state index contributed by atoms with van der Waals surface area (Å²) in [7, 11) is 0. The maximum Gasteiger partial charge on any atom is 0.339 e. The third-order valence-corrected chi connectivity index (χ3v) is 4.44. The molecular weight excluding hydrogens is 338 g/mol. The minimum absolute atomic E-state index is 0.0667. The lowest BCUT2D eigenvalue weighted by atomic mass is 10.0. The van der Waals surface area contributed by atoms with Gasteiger partial charge in [-0.15, -0.1) is 0 Å². The van der Waals surface area contributed by atoms with Crippen molar-refractivity contribution in [3.63, 3.8) is 0 Å². The van der Waals surface area contributed by atoms with E-state index in [1.54, 1.807) is 12.3 Å². The molecule has 2 aromatic heterocycles. The van der Waals surface area contributed by atoms with Crippen LogP contribution in [0.5, 0.6) is 0 Å². The summed E-state index contributed by atoms with van der Waals surface area (Å²) in [6.45, 7) is 3.84. The van der Waals surface area contributed by atoms with E-state index in [2.05, 4.69) is 5.32 Å². The normalized spacial score (nSPS) is 11.2. The summed E-state index contributed by atoms with van der Waals surface area (Å²) in [5, 5.41) is 12.9. The van der Waals surface area contributed by atoms with Crippen LogP contribution in [0.4, 0.5) is 0 Å². The lowest BCUT2D eigenvalue weighted by Gasteiger charge is -2.08. The SMILES string of the molecule is Cc1coc2cc3oc(=O)c(CCC(=O)NCCC(=O)O)c(C)c3cc12. The molecule has 1 amide bonds. The standard InChI is InChI=1S/C19H19NO6/c1-10-9-25-15-8-16-14(7-13(10)15)11(2)12(19(24)26-16)3-4-17(21)20-6-5-18(22)23/h7-9H,3-6H2,1-2H3,(H,20,21)(H,22,23). The van der Waals surface area contributed by atoms with Crippen molar-refractivity contribution in [2.24, 2.45) is 0 Å². The van der Waals surface area contributed by atoms with Gasteiger partial charge in [-0.1, -0.05) is 0 Å². The Morgan fingerprint density at radius 2 is 1.88 bits per heavy atom. The van der Waals surface area contributed by atoms with Crippen LogP contribution in [0.25, 0.3) is 21.9 Å². The number of amides is 1. The van der Waals surface area contributed by atoms with Gasteiger partial charge in [-0.2, -0.15) is 0 Å². The first-order chi connectivity index (χ1) is 12.4. The molecule has 0 aliphatic rings. The van der Waals surface area contributed by atoms with Crippen molar-refractivity contribution in [1.29, 1.82) is 0 Å². The quantitative estimate of drug-likeness (QED) is 0.656.